The number of likely N-dealkylation sites (N-methyl/N-ethyl adjacent to an activating group) is 1. The summed E-state index contributed by atoms with van der Waals surface area (Å²) in [5, 5.41) is 0. The molecule has 2 rings (SSSR count). The average Bonchev–Trinajstić information content (AvgIpc) is 2.75. The molecule has 2 aromatic rings. The first-order chi connectivity index (χ1) is 13.8. The molecule has 0 aliphatic rings. The Hall–Kier alpha value is -1.75. The Morgan fingerprint density at radius 3 is 1.97 bits per heavy atom. The first-order valence-electron chi connectivity index (χ1n) is 9.44. The molecule has 0 aliphatic carbocycles. The summed E-state index contributed by atoms with van der Waals surface area (Å²) < 4.78 is -1.65. The summed E-state index contributed by atoms with van der Waals surface area (Å²) in [6.45, 7) is 3.92. The van der Waals surface area contributed by atoms with E-state index in [0.29, 0.717) is 5.56 Å². The van der Waals surface area contributed by atoms with Gasteiger partial charge < -0.3 is 9.80 Å². The van der Waals surface area contributed by atoms with E-state index < -0.39 is 4.46 Å². The van der Waals surface area contributed by atoms with Gasteiger partial charge in [0.1, 0.15) is 5.88 Å². The van der Waals surface area contributed by atoms with Crippen molar-refractivity contribution >= 4 is 52.3 Å². The van der Waals surface area contributed by atoms with E-state index >= 15 is 0 Å². The summed E-state index contributed by atoms with van der Waals surface area (Å²) in [6, 6.07) is 14.6. The second kappa shape index (κ2) is 10.3. The predicted molar refractivity (Wildman–Crippen MR) is 121 cm³/mol. The number of benzene rings is 2. The van der Waals surface area contributed by atoms with E-state index in [-0.39, 0.29) is 24.2 Å². The molecule has 156 valence electrons. The lowest BCUT2D eigenvalue weighted by molar-refractivity contribution is -0.116. The van der Waals surface area contributed by atoms with Crippen molar-refractivity contribution in [2.75, 3.05) is 24.4 Å². The van der Waals surface area contributed by atoms with Gasteiger partial charge >= 0.3 is 0 Å². The molecule has 4 nitrogen and oxygen atoms in total. The lowest BCUT2D eigenvalue weighted by Crippen LogP contribution is -2.51. The Morgan fingerprint density at radius 1 is 0.931 bits per heavy atom. The molecule has 0 unspecified atom stereocenters. The van der Waals surface area contributed by atoms with Crippen LogP contribution in [-0.4, -0.2) is 40.6 Å². The summed E-state index contributed by atoms with van der Waals surface area (Å²) in [5.74, 6) is -0.886. The molecule has 0 saturated carbocycles. The number of halogens is 3. The summed E-state index contributed by atoms with van der Waals surface area (Å²) in [5.41, 5.74) is 3.20. The molecule has 0 heterocycles. The SMILES string of the molecule is CCc1cccc(CC)c1N(CC(Cl)(Cl)N(C)C(=O)c1ccccc1)C(=O)CCl. The molecule has 0 bridgehead atoms. The molecule has 0 N–H and O–H groups in total. The smallest absolute Gasteiger partial charge is 0.255 e. The molecule has 0 aromatic heterocycles. The second-order valence-corrected chi connectivity index (χ2v) is 8.35. The topological polar surface area (TPSA) is 40.6 Å². The quantitative estimate of drug-likeness (QED) is 0.401. The maximum atomic E-state index is 12.8. The van der Waals surface area contributed by atoms with Crippen LogP contribution in [0.15, 0.2) is 48.5 Å². The maximum absolute atomic E-state index is 12.8. The Labute approximate surface area is 187 Å². The van der Waals surface area contributed by atoms with Crippen molar-refractivity contribution in [3.63, 3.8) is 0 Å². The van der Waals surface area contributed by atoms with Gasteiger partial charge in [0.05, 0.1) is 12.2 Å². The number of para-hydroxylation sites is 1. The predicted octanol–water partition coefficient (Wildman–Crippen LogP) is 5.29. The van der Waals surface area contributed by atoms with Gasteiger partial charge in [0, 0.05) is 12.6 Å². The Balaban J connectivity index is 2.42. The number of amides is 2. The van der Waals surface area contributed by atoms with Crippen LogP contribution in [-0.2, 0) is 17.6 Å². The zero-order valence-electron chi connectivity index (χ0n) is 16.8. The third-order valence-corrected chi connectivity index (χ3v) is 5.79. The number of aryl methyl sites for hydroxylation is 2. The Kier molecular flexibility index (Phi) is 8.38. The van der Waals surface area contributed by atoms with E-state index in [0.717, 1.165) is 29.7 Å². The minimum Gasteiger partial charge on any atom is -0.308 e. The summed E-state index contributed by atoms with van der Waals surface area (Å²) in [4.78, 5) is 28.3. The monoisotopic (exact) mass is 454 g/mol. The highest BCUT2D eigenvalue weighted by atomic mass is 35.5. The fourth-order valence-corrected chi connectivity index (χ4v) is 3.68. The summed E-state index contributed by atoms with van der Waals surface area (Å²) in [6.07, 6.45) is 1.46. The number of carbonyl (C=O) groups is 2. The fraction of sp³-hybridized carbons (Fsp3) is 0.364. The van der Waals surface area contributed by atoms with Gasteiger partial charge in [0.15, 0.2) is 0 Å². The molecule has 0 radical (unpaired) electrons. The molecular weight excluding hydrogens is 431 g/mol. The number of alkyl halides is 3. The Morgan fingerprint density at radius 2 is 1.48 bits per heavy atom. The van der Waals surface area contributed by atoms with E-state index in [1.54, 1.807) is 24.3 Å². The average molecular weight is 456 g/mol. The fourth-order valence-electron chi connectivity index (χ4n) is 3.15. The number of hydrogen-bond acceptors (Lipinski definition) is 2. The lowest BCUT2D eigenvalue weighted by atomic mass is 10.0. The molecule has 0 saturated heterocycles. The van der Waals surface area contributed by atoms with E-state index in [4.69, 9.17) is 34.8 Å². The first kappa shape index (κ1) is 23.5. The van der Waals surface area contributed by atoms with Crippen LogP contribution in [0.3, 0.4) is 0 Å². The first-order valence-corrected chi connectivity index (χ1v) is 10.7. The zero-order chi connectivity index (χ0) is 21.6. The van der Waals surface area contributed by atoms with Crippen LogP contribution in [0.4, 0.5) is 5.69 Å². The van der Waals surface area contributed by atoms with E-state index in [2.05, 4.69) is 0 Å². The van der Waals surface area contributed by atoms with Crippen molar-refractivity contribution in [2.45, 2.75) is 31.1 Å². The van der Waals surface area contributed by atoms with Gasteiger partial charge in [0.2, 0.25) is 10.4 Å². The van der Waals surface area contributed by atoms with Crippen molar-refractivity contribution in [1.29, 1.82) is 0 Å². The summed E-state index contributed by atoms with van der Waals surface area (Å²) in [7, 11) is 1.52. The lowest BCUT2D eigenvalue weighted by Gasteiger charge is -2.37. The van der Waals surface area contributed by atoms with Crippen LogP contribution in [0.5, 0.6) is 0 Å². The zero-order valence-corrected chi connectivity index (χ0v) is 19.1. The molecule has 2 aromatic carbocycles. The van der Waals surface area contributed by atoms with Gasteiger partial charge in [-0.25, -0.2) is 0 Å². The maximum Gasteiger partial charge on any atom is 0.255 e. The van der Waals surface area contributed by atoms with E-state index in [1.165, 1.54) is 16.8 Å². The van der Waals surface area contributed by atoms with Gasteiger partial charge in [-0.3, -0.25) is 9.59 Å². The largest absolute Gasteiger partial charge is 0.308 e. The van der Waals surface area contributed by atoms with Crippen molar-refractivity contribution in [1.82, 2.24) is 4.90 Å². The highest BCUT2D eigenvalue weighted by Gasteiger charge is 2.38. The molecule has 0 atom stereocenters. The molecule has 0 spiro atoms. The van der Waals surface area contributed by atoms with Crippen molar-refractivity contribution in [3.8, 4) is 0 Å². The number of hydrogen-bond donors (Lipinski definition) is 0. The number of nitrogens with zero attached hydrogens (tertiary/aromatic N) is 2. The van der Waals surface area contributed by atoms with Crippen LogP contribution >= 0.6 is 34.8 Å². The van der Waals surface area contributed by atoms with E-state index in [9.17, 15) is 9.59 Å². The van der Waals surface area contributed by atoms with Crippen LogP contribution in [0.25, 0.3) is 0 Å². The molecule has 0 aliphatic heterocycles. The third-order valence-electron chi connectivity index (χ3n) is 4.81. The highest BCUT2D eigenvalue weighted by Crippen LogP contribution is 2.34. The Bertz CT molecular complexity index is 834. The number of carbonyl (C=O) groups excluding carboxylic acids is 2. The summed E-state index contributed by atoms with van der Waals surface area (Å²) >= 11 is 19.1. The number of rotatable bonds is 8. The van der Waals surface area contributed by atoms with Crippen LogP contribution in [0.1, 0.15) is 35.3 Å². The van der Waals surface area contributed by atoms with Gasteiger partial charge in [-0.05, 0) is 36.1 Å². The van der Waals surface area contributed by atoms with E-state index in [1.807, 2.05) is 38.1 Å². The minimum atomic E-state index is -1.65. The normalized spacial score (nSPS) is 11.2. The van der Waals surface area contributed by atoms with Crippen LogP contribution < -0.4 is 4.90 Å². The minimum absolute atomic E-state index is 0.110. The van der Waals surface area contributed by atoms with Crippen molar-refractivity contribution in [2.24, 2.45) is 0 Å². The standard InChI is InChI=1S/C22H25Cl3N2O2/c1-4-16-12-9-13-17(5-2)20(16)27(19(28)14-23)15-22(24,25)26(3)21(29)18-10-7-6-8-11-18/h6-13H,4-5,14-15H2,1-3H3. The van der Waals surface area contributed by atoms with Crippen molar-refractivity contribution < 1.29 is 9.59 Å². The number of anilines is 1. The van der Waals surface area contributed by atoms with Gasteiger partial charge in [-0.2, -0.15) is 0 Å². The van der Waals surface area contributed by atoms with Crippen molar-refractivity contribution in [3.05, 3.63) is 65.2 Å². The molecule has 0 fully saturated rings. The van der Waals surface area contributed by atoms with Gasteiger partial charge in [-0.1, -0.05) is 73.4 Å². The van der Waals surface area contributed by atoms with Gasteiger partial charge in [0.25, 0.3) is 5.91 Å². The molecule has 7 heteroatoms. The van der Waals surface area contributed by atoms with Gasteiger partial charge in [-0.15, -0.1) is 11.6 Å². The third kappa shape index (κ3) is 5.44. The molecular formula is C22H25Cl3N2O2. The second-order valence-electron chi connectivity index (χ2n) is 6.64. The van der Waals surface area contributed by atoms with Crippen LogP contribution in [0, 0.1) is 0 Å². The molecule has 2 amide bonds. The molecule has 29 heavy (non-hydrogen) atoms. The van der Waals surface area contributed by atoms with Crippen LogP contribution in [0.2, 0.25) is 0 Å². The highest BCUT2D eigenvalue weighted by molar-refractivity contribution is 6.49.